The third kappa shape index (κ3) is 7.00. The number of rotatable bonds is 10. The zero-order chi connectivity index (χ0) is 27.1. The van der Waals surface area contributed by atoms with Gasteiger partial charge in [-0.05, 0) is 60.9 Å². The Labute approximate surface area is 220 Å². The molecule has 1 aromatic heterocycles. The largest absolute Gasteiger partial charge is 0.416 e. The van der Waals surface area contributed by atoms with Gasteiger partial charge in [0.15, 0.2) is 5.16 Å². The van der Waals surface area contributed by atoms with E-state index in [1.54, 1.807) is 36.4 Å². The van der Waals surface area contributed by atoms with Gasteiger partial charge in [0.1, 0.15) is 5.82 Å². The minimum atomic E-state index is -4.54. The molecule has 0 fully saturated rings. The van der Waals surface area contributed by atoms with Crippen molar-refractivity contribution in [3.05, 3.63) is 100 Å². The highest BCUT2D eigenvalue weighted by Crippen LogP contribution is 2.31. The molecule has 198 valence electrons. The molecule has 5 nitrogen and oxygen atoms in total. The number of nitrogens with one attached hydrogen (secondary N) is 1. The van der Waals surface area contributed by atoms with E-state index in [0.29, 0.717) is 41.2 Å². The van der Waals surface area contributed by atoms with Crippen molar-refractivity contribution >= 4 is 28.6 Å². The van der Waals surface area contributed by atoms with E-state index in [-0.39, 0.29) is 17.4 Å². The number of hydrogen-bond acceptors (Lipinski definition) is 4. The molecule has 1 N–H and O–H groups in total. The summed E-state index contributed by atoms with van der Waals surface area (Å²) in [5.74, 6) is 0.140. The van der Waals surface area contributed by atoms with E-state index in [2.05, 4.69) is 10.3 Å². The van der Waals surface area contributed by atoms with Crippen LogP contribution in [0.2, 0.25) is 0 Å². The highest BCUT2D eigenvalue weighted by atomic mass is 32.2. The molecule has 38 heavy (non-hydrogen) atoms. The zero-order valence-corrected chi connectivity index (χ0v) is 21.1. The van der Waals surface area contributed by atoms with Gasteiger partial charge in [-0.25, -0.2) is 9.37 Å². The Hall–Kier alpha value is -3.66. The molecule has 0 radical (unpaired) electrons. The summed E-state index contributed by atoms with van der Waals surface area (Å²) in [4.78, 5) is 29.9. The Morgan fingerprint density at radius 1 is 0.947 bits per heavy atom. The monoisotopic (exact) mass is 543 g/mol. The van der Waals surface area contributed by atoms with Gasteiger partial charge in [-0.15, -0.1) is 0 Å². The molecular weight excluding hydrogens is 518 g/mol. The van der Waals surface area contributed by atoms with Crippen LogP contribution in [0.1, 0.15) is 36.8 Å². The number of benzene rings is 3. The third-order valence-corrected chi connectivity index (χ3v) is 6.88. The van der Waals surface area contributed by atoms with Gasteiger partial charge >= 0.3 is 6.18 Å². The van der Waals surface area contributed by atoms with Gasteiger partial charge < -0.3 is 5.32 Å². The van der Waals surface area contributed by atoms with E-state index < -0.39 is 17.3 Å². The van der Waals surface area contributed by atoms with Crippen LogP contribution in [-0.2, 0) is 17.5 Å². The number of hydrogen-bond donors (Lipinski definition) is 1. The molecule has 0 atom stereocenters. The first-order valence-electron chi connectivity index (χ1n) is 12.1. The Bertz CT molecular complexity index is 1470. The van der Waals surface area contributed by atoms with Gasteiger partial charge in [0.2, 0.25) is 5.91 Å². The lowest BCUT2D eigenvalue weighted by atomic mass is 10.2. The van der Waals surface area contributed by atoms with Gasteiger partial charge in [0.05, 0.1) is 22.2 Å². The molecule has 0 spiro atoms. The highest BCUT2D eigenvalue weighted by molar-refractivity contribution is 7.99. The lowest BCUT2D eigenvalue weighted by Crippen LogP contribution is -2.22. The van der Waals surface area contributed by atoms with E-state index in [1.165, 1.54) is 40.6 Å². The molecule has 0 aliphatic carbocycles. The van der Waals surface area contributed by atoms with Gasteiger partial charge in [-0.2, -0.15) is 13.2 Å². The molecule has 0 unspecified atom stereocenters. The Kier molecular flexibility index (Phi) is 8.83. The van der Waals surface area contributed by atoms with E-state index in [9.17, 15) is 27.2 Å². The van der Waals surface area contributed by atoms with Crippen LogP contribution < -0.4 is 10.9 Å². The predicted octanol–water partition coefficient (Wildman–Crippen LogP) is 6.51. The van der Waals surface area contributed by atoms with Crippen LogP contribution in [0.5, 0.6) is 0 Å². The van der Waals surface area contributed by atoms with Crippen LogP contribution in [0.3, 0.4) is 0 Å². The van der Waals surface area contributed by atoms with Crippen molar-refractivity contribution < 1.29 is 22.4 Å². The number of thioether (sulfide) groups is 1. The maximum Gasteiger partial charge on any atom is 0.416 e. The van der Waals surface area contributed by atoms with Crippen molar-refractivity contribution in [2.24, 2.45) is 0 Å². The molecule has 3 aromatic carbocycles. The summed E-state index contributed by atoms with van der Waals surface area (Å²) in [7, 11) is 0. The molecule has 0 aliphatic rings. The summed E-state index contributed by atoms with van der Waals surface area (Å²) in [6, 6.07) is 17.3. The second-order valence-corrected chi connectivity index (χ2v) is 9.72. The Balaban J connectivity index is 1.37. The summed E-state index contributed by atoms with van der Waals surface area (Å²) < 4.78 is 54.1. The number of unbranched alkanes of at least 4 members (excludes halogenated alkanes) is 2. The first-order valence-corrected chi connectivity index (χ1v) is 13.0. The van der Waals surface area contributed by atoms with Crippen LogP contribution in [0.4, 0.5) is 17.6 Å². The van der Waals surface area contributed by atoms with E-state index in [1.807, 2.05) is 0 Å². The summed E-state index contributed by atoms with van der Waals surface area (Å²) in [6.07, 6.45) is -2.07. The Morgan fingerprint density at radius 3 is 2.47 bits per heavy atom. The van der Waals surface area contributed by atoms with E-state index in [0.717, 1.165) is 30.5 Å². The maximum atomic E-state index is 13.3. The fourth-order valence-corrected chi connectivity index (χ4v) is 4.89. The number of halogens is 4. The van der Waals surface area contributed by atoms with Crippen LogP contribution in [0.25, 0.3) is 16.6 Å². The maximum absolute atomic E-state index is 13.3. The molecule has 10 heteroatoms. The molecule has 0 saturated heterocycles. The standard InChI is InChI=1S/C28H25F4N3O2S/c29-21-14-12-19(13-15-21)18-33-25(36)11-2-1-5-16-38-27-34-24-10-4-3-9-23(24)26(37)35(27)22-8-6-7-20(17-22)28(30,31)32/h3-4,6-10,12-15,17H,1-2,5,11,16,18H2,(H,33,36). The van der Waals surface area contributed by atoms with Crippen molar-refractivity contribution in [3.63, 3.8) is 0 Å². The van der Waals surface area contributed by atoms with Crippen LogP contribution in [0.15, 0.2) is 82.7 Å². The van der Waals surface area contributed by atoms with Crippen LogP contribution >= 0.6 is 11.8 Å². The number of nitrogens with zero attached hydrogens (tertiary/aromatic N) is 2. The van der Waals surface area contributed by atoms with Crippen LogP contribution in [-0.4, -0.2) is 21.2 Å². The molecule has 0 aliphatic heterocycles. The molecular formula is C28H25F4N3O2S. The summed E-state index contributed by atoms with van der Waals surface area (Å²) in [5.41, 5.74) is 0.106. The number of carbonyl (C=O) groups excluding carboxylic acids is 1. The lowest BCUT2D eigenvalue weighted by Gasteiger charge is -2.15. The fourth-order valence-electron chi connectivity index (χ4n) is 3.88. The van der Waals surface area contributed by atoms with Crippen molar-refractivity contribution in [1.29, 1.82) is 0 Å². The second kappa shape index (κ2) is 12.3. The molecule has 1 heterocycles. The quantitative estimate of drug-likeness (QED) is 0.107. The topological polar surface area (TPSA) is 64.0 Å². The molecule has 0 bridgehead atoms. The van der Waals surface area contributed by atoms with E-state index in [4.69, 9.17) is 0 Å². The highest BCUT2D eigenvalue weighted by Gasteiger charge is 2.31. The fraction of sp³-hybridized carbons (Fsp3) is 0.250. The molecule has 4 rings (SSSR count). The van der Waals surface area contributed by atoms with Crippen molar-refractivity contribution in [2.45, 2.75) is 43.6 Å². The SMILES string of the molecule is O=C(CCCCCSc1nc2ccccc2c(=O)n1-c1cccc(C(F)(F)F)c1)NCc1ccc(F)cc1. The van der Waals surface area contributed by atoms with Crippen LogP contribution in [0, 0.1) is 5.82 Å². The molecule has 1 amide bonds. The summed E-state index contributed by atoms with van der Waals surface area (Å²) >= 11 is 1.29. The van der Waals surface area contributed by atoms with Crippen molar-refractivity contribution in [2.75, 3.05) is 5.75 Å². The van der Waals surface area contributed by atoms with Crippen molar-refractivity contribution in [1.82, 2.24) is 14.9 Å². The van der Waals surface area contributed by atoms with Gasteiger partial charge in [0.25, 0.3) is 5.56 Å². The average Bonchev–Trinajstić information content (AvgIpc) is 2.90. The number of alkyl halides is 3. The third-order valence-electron chi connectivity index (χ3n) is 5.86. The second-order valence-electron chi connectivity index (χ2n) is 8.66. The Morgan fingerprint density at radius 2 is 1.71 bits per heavy atom. The van der Waals surface area contributed by atoms with Gasteiger partial charge in [0, 0.05) is 18.7 Å². The average molecular weight is 544 g/mol. The molecule has 4 aromatic rings. The number of carbonyl (C=O) groups is 1. The first kappa shape index (κ1) is 27.4. The normalized spacial score (nSPS) is 11.6. The minimum absolute atomic E-state index is 0.100. The van der Waals surface area contributed by atoms with E-state index >= 15 is 0 Å². The lowest BCUT2D eigenvalue weighted by molar-refractivity contribution is -0.137. The zero-order valence-electron chi connectivity index (χ0n) is 20.3. The smallest absolute Gasteiger partial charge is 0.352 e. The minimum Gasteiger partial charge on any atom is -0.352 e. The molecule has 0 saturated carbocycles. The number of amides is 1. The first-order chi connectivity index (χ1) is 18.2. The van der Waals surface area contributed by atoms with Crippen molar-refractivity contribution in [3.8, 4) is 5.69 Å². The summed E-state index contributed by atoms with van der Waals surface area (Å²) in [6.45, 7) is 0.329. The number of para-hydroxylation sites is 1. The van der Waals surface area contributed by atoms with Gasteiger partial charge in [-0.3, -0.25) is 14.2 Å². The predicted molar refractivity (Wildman–Crippen MR) is 140 cm³/mol. The number of fused-ring (bicyclic) bond motifs is 1. The van der Waals surface area contributed by atoms with Gasteiger partial charge in [-0.1, -0.05) is 48.5 Å². The summed E-state index contributed by atoms with van der Waals surface area (Å²) in [5, 5.41) is 3.43. The number of aromatic nitrogens is 2.